The van der Waals surface area contributed by atoms with Crippen LogP contribution in [-0.2, 0) is 6.54 Å². The molecule has 1 aromatic carbocycles. The zero-order valence-corrected chi connectivity index (χ0v) is 16.4. The zero-order chi connectivity index (χ0) is 19.5. The molecule has 0 aliphatic carbocycles. The van der Waals surface area contributed by atoms with Gasteiger partial charge in [-0.25, -0.2) is 0 Å². The molecule has 142 valence electrons. The maximum atomic E-state index is 5.42. The van der Waals surface area contributed by atoms with Gasteiger partial charge in [-0.15, -0.1) is 21.9 Å². The Morgan fingerprint density at radius 2 is 2.00 bits per heavy atom. The molecule has 1 atom stereocenters. The number of allylic oxidation sites excluding steroid dienone is 1. The lowest BCUT2D eigenvalue weighted by molar-refractivity contribution is 0.534. The zero-order valence-electron chi connectivity index (χ0n) is 15.6. The molecule has 9 heteroatoms. The predicted octanol–water partition coefficient (Wildman–Crippen LogP) is 3.86. The first kappa shape index (κ1) is 18.2. The third kappa shape index (κ3) is 3.36. The van der Waals surface area contributed by atoms with Crippen LogP contribution in [0.4, 0.5) is 0 Å². The summed E-state index contributed by atoms with van der Waals surface area (Å²) in [5.41, 5.74) is 1.83. The predicted molar refractivity (Wildman–Crippen MR) is 106 cm³/mol. The van der Waals surface area contributed by atoms with Gasteiger partial charge in [-0.3, -0.25) is 4.57 Å². The quantitative estimate of drug-likeness (QED) is 0.348. The summed E-state index contributed by atoms with van der Waals surface area (Å²) in [6, 6.07) is 11.7. The van der Waals surface area contributed by atoms with Crippen LogP contribution in [0.15, 0.2) is 64.9 Å². The van der Waals surface area contributed by atoms with Crippen molar-refractivity contribution in [1.29, 1.82) is 0 Å². The van der Waals surface area contributed by atoms with Gasteiger partial charge in [-0.05, 0) is 42.5 Å². The molecule has 0 aliphatic rings. The van der Waals surface area contributed by atoms with E-state index in [-0.39, 0.29) is 5.25 Å². The van der Waals surface area contributed by atoms with Crippen molar-refractivity contribution in [2.45, 2.75) is 30.8 Å². The molecule has 28 heavy (non-hydrogen) atoms. The topological polar surface area (TPSA) is 87.5 Å². The minimum atomic E-state index is -0.0405. The molecule has 3 heterocycles. The molecule has 0 unspecified atom stereocenters. The van der Waals surface area contributed by atoms with Crippen LogP contribution in [0.1, 0.15) is 23.8 Å². The Balaban J connectivity index is 1.65. The van der Waals surface area contributed by atoms with Crippen molar-refractivity contribution in [3.63, 3.8) is 0 Å². The van der Waals surface area contributed by atoms with Crippen LogP contribution >= 0.6 is 11.8 Å². The van der Waals surface area contributed by atoms with Crippen LogP contribution in [0.25, 0.3) is 17.1 Å². The van der Waals surface area contributed by atoms with Gasteiger partial charge in [-0.2, -0.15) is 4.68 Å². The van der Waals surface area contributed by atoms with Gasteiger partial charge in [0.25, 0.3) is 0 Å². The van der Waals surface area contributed by atoms with Crippen LogP contribution in [0.5, 0.6) is 0 Å². The Hall–Kier alpha value is -3.20. The van der Waals surface area contributed by atoms with E-state index in [0.29, 0.717) is 6.54 Å². The summed E-state index contributed by atoms with van der Waals surface area (Å²) in [5, 5.41) is 21.7. The Bertz CT molecular complexity index is 1080. The molecule has 4 rings (SSSR count). The van der Waals surface area contributed by atoms with E-state index in [1.54, 1.807) is 22.7 Å². The third-order valence-electron chi connectivity index (χ3n) is 4.27. The smallest absolute Gasteiger partial charge is 0.192 e. The summed E-state index contributed by atoms with van der Waals surface area (Å²) in [6.07, 6.45) is 3.48. The van der Waals surface area contributed by atoms with Crippen molar-refractivity contribution in [3.8, 4) is 17.1 Å². The monoisotopic (exact) mass is 393 g/mol. The van der Waals surface area contributed by atoms with Gasteiger partial charge in [0.15, 0.2) is 16.8 Å². The minimum Gasteiger partial charge on any atom is -0.469 e. The number of rotatable bonds is 7. The second-order valence-corrected chi connectivity index (χ2v) is 7.45. The number of nitrogens with zero attached hydrogens (tertiary/aromatic N) is 7. The lowest BCUT2D eigenvalue weighted by atomic mass is 10.2. The Morgan fingerprint density at radius 3 is 2.71 bits per heavy atom. The highest BCUT2D eigenvalue weighted by atomic mass is 32.2. The summed E-state index contributed by atoms with van der Waals surface area (Å²) < 4.78 is 9.18. The first-order valence-corrected chi connectivity index (χ1v) is 9.66. The molecule has 0 saturated carbocycles. The maximum absolute atomic E-state index is 5.42. The standard InChI is InChI=1S/C19H19N7OS/c1-4-11-25-18(16-10-12-27-13(16)2)20-22-19(25)28-14(3)17-21-23-24-26(17)15-8-6-5-7-9-15/h4-10,12,14H,1,11H2,2-3H3/t14-/m1/s1. The van der Waals surface area contributed by atoms with Crippen molar-refractivity contribution in [1.82, 2.24) is 35.0 Å². The van der Waals surface area contributed by atoms with E-state index in [2.05, 4.69) is 32.3 Å². The third-order valence-corrected chi connectivity index (χ3v) is 5.35. The van der Waals surface area contributed by atoms with E-state index in [1.165, 1.54) is 0 Å². The number of hydrogen-bond acceptors (Lipinski definition) is 7. The number of aryl methyl sites for hydroxylation is 1. The lowest BCUT2D eigenvalue weighted by Crippen LogP contribution is -2.06. The van der Waals surface area contributed by atoms with E-state index in [1.807, 2.05) is 60.9 Å². The molecule has 0 fully saturated rings. The molecule has 0 aliphatic heterocycles. The number of para-hydroxylation sites is 1. The fraction of sp³-hybridized carbons (Fsp3) is 0.211. The normalized spacial score (nSPS) is 12.2. The van der Waals surface area contributed by atoms with Crippen molar-refractivity contribution in [3.05, 3.63) is 66.9 Å². The molecule has 4 aromatic rings. The van der Waals surface area contributed by atoms with E-state index < -0.39 is 0 Å². The number of thioether (sulfide) groups is 1. The highest BCUT2D eigenvalue weighted by molar-refractivity contribution is 7.99. The first-order chi connectivity index (χ1) is 13.7. The van der Waals surface area contributed by atoms with Crippen molar-refractivity contribution in [2.75, 3.05) is 0 Å². The number of hydrogen-bond donors (Lipinski definition) is 0. The summed E-state index contributed by atoms with van der Waals surface area (Å²) in [4.78, 5) is 0. The van der Waals surface area contributed by atoms with Crippen molar-refractivity contribution >= 4 is 11.8 Å². The van der Waals surface area contributed by atoms with Gasteiger partial charge in [-0.1, -0.05) is 36.0 Å². The second-order valence-electron chi connectivity index (χ2n) is 6.14. The molecular formula is C19H19N7OS. The van der Waals surface area contributed by atoms with Gasteiger partial charge in [0.1, 0.15) is 5.76 Å². The van der Waals surface area contributed by atoms with Crippen LogP contribution in [0, 0.1) is 6.92 Å². The van der Waals surface area contributed by atoms with Crippen LogP contribution in [-0.4, -0.2) is 35.0 Å². The second kappa shape index (κ2) is 7.81. The van der Waals surface area contributed by atoms with Gasteiger partial charge >= 0.3 is 0 Å². The highest BCUT2D eigenvalue weighted by Crippen LogP contribution is 2.35. The average molecular weight is 393 g/mol. The fourth-order valence-corrected chi connectivity index (χ4v) is 3.84. The van der Waals surface area contributed by atoms with Gasteiger partial charge < -0.3 is 4.42 Å². The molecule has 0 spiro atoms. The number of tetrazole rings is 1. The van der Waals surface area contributed by atoms with Crippen LogP contribution < -0.4 is 0 Å². The van der Waals surface area contributed by atoms with E-state index >= 15 is 0 Å². The Kier molecular flexibility index (Phi) is 5.07. The van der Waals surface area contributed by atoms with Gasteiger partial charge in [0.2, 0.25) is 0 Å². The largest absolute Gasteiger partial charge is 0.469 e. The minimum absolute atomic E-state index is 0.0405. The lowest BCUT2D eigenvalue weighted by Gasteiger charge is -2.12. The molecule has 0 radical (unpaired) electrons. The maximum Gasteiger partial charge on any atom is 0.192 e. The molecular weight excluding hydrogens is 374 g/mol. The molecule has 0 N–H and O–H groups in total. The van der Waals surface area contributed by atoms with Crippen molar-refractivity contribution < 1.29 is 4.42 Å². The molecule has 0 saturated heterocycles. The number of benzene rings is 1. The van der Waals surface area contributed by atoms with Gasteiger partial charge in [0, 0.05) is 6.54 Å². The molecule has 8 nitrogen and oxygen atoms in total. The highest BCUT2D eigenvalue weighted by Gasteiger charge is 2.22. The van der Waals surface area contributed by atoms with Crippen molar-refractivity contribution in [2.24, 2.45) is 0 Å². The summed E-state index contributed by atoms with van der Waals surface area (Å²) >= 11 is 1.55. The van der Waals surface area contributed by atoms with E-state index in [0.717, 1.165) is 33.8 Å². The van der Waals surface area contributed by atoms with E-state index in [4.69, 9.17) is 4.42 Å². The Morgan fingerprint density at radius 1 is 1.18 bits per heavy atom. The number of aromatic nitrogens is 7. The summed E-state index contributed by atoms with van der Waals surface area (Å²) in [7, 11) is 0. The average Bonchev–Trinajstić information content (AvgIpc) is 3.43. The molecule has 0 amide bonds. The Labute approximate surface area is 166 Å². The fourth-order valence-electron chi connectivity index (χ4n) is 2.90. The summed E-state index contributed by atoms with van der Waals surface area (Å²) in [6.45, 7) is 8.40. The first-order valence-electron chi connectivity index (χ1n) is 8.78. The SMILES string of the molecule is C=CCn1c(S[C@H](C)c2nnnn2-c2ccccc2)nnc1-c1ccoc1C. The number of furan rings is 1. The molecule has 0 bridgehead atoms. The van der Waals surface area contributed by atoms with Crippen LogP contribution in [0.2, 0.25) is 0 Å². The van der Waals surface area contributed by atoms with E-state index in [9.17, 15) is 0 Å². The van der Waals surface area contributed by atoms with Gasteiger partial charge in [0.05, 0.1) is 22.8 Å². The summed E-state index contributed by atoms with van der Waals surface area (Å²) in [5.74, 6) is 2.30. The van der Waals surface area contributed by atoms with Crippen LogP contribution in [0.3, 0.4) is 0 Å². The molecule has 3 aromatic heterocycles.